The summed E-state index contributed by atoms with van der Waals surface area (Å²) in [5.41, 5.74) is 0.458. The van der Waals surface area contributed by atoms with E-state index in [1.54, 1.807) is 4.88 Å². The molecule has 0 saturated heterocycles. The van der Waals surface area contributed by atoms with Crippen molar-refractivity contribution in [1.82, 2.24) is 5.32 Å². The largest absolute Gasteiger partial charge is 0.314 e. The van der Waals surface area contributed by atoms with E-state index in [2.05, 4.69) is 45.1 Å². The highest BCUT2D eigenvalue weighted by molar-refractivity contribution is 7.12. The van der Waals surface area contributed by atoms with E-state index < -0.39 is 0 Å². The molecule has 1 heterocycles. The highest BCUT2D eigenvalue weighted by atomic mass is 32.1. The topological polar surface area (TPSA) is 12.0 Å². The van der Waals surface area contributed by atoms with E-state index in [1.165, 1.54) is 43.5 Å². The van der Waals surface area contributed by atoms with Gasteiger partial charge >= 0.3 is 0 Å². The Kier molecular flexibility index (Phi) is 4.47. The molecule has 0 bridgehead atoms. The summed E-state index contributed by atoms with van der Waals surface area (Å²) in [7, 11) is 0. The highest BCUT2D eigenvalue weighted by Gasteiger charge is 2.37. The van der Waals surface area contributed by atoms with Gasteiger partial charge in [-0.3, -0.25) is 0 Å². The maximum absolute atomic E-state index is 3.79. The van der Waals surface area contributed by atoms with Crippen LogP contribution in [0.3, 0.4) is 0 Å². The lowest BCUT2D eigenvalue weighted by Gasteiger charge is -2.42. The Morgan fingerprint density at radius 2 is 1.90 bits per heavy atom. The Labute approximate surface area is 134 Å². The van der Waals surface area contributed by atoms with Gasteiger partial charge in [0.25, 0.3) is 0 Å². The van der Waals surface area contributed by atoms with Crippen molar-refractivity contribution in [2.75, 3.05) is 6.54 Å². The lowest BCUT2D eigenvalue weighted by atomic mass is 9.65. The Hall–Kier alpha value is -0.340. The number of nitrogens with one attached hydrogen (secondary N) is 1. The SMILES string of the molecule is Cc1ccc(C2CC(C(C)(C)C)CCC2CNC2CC2)s1. The molecule has 1 N–H and O–H groups in total. The van der Waals surface area contributed by atoms with Crippen LogP contribution in [0.25, 0.3) is 0 Å². The predicted molar refractivity (Wildman–Crippen MR) is 93.1 cm³/mol. The predicted octanol–water partition coefficient (Wildman–Crippen LogP) is 5.35. The Bertz CT molecular complexity index is 466. The molecule has 3 rings (SSSR count). The quantitative estimate of drug-likeness (QED) is 0.790. The van der Waals surface area contributed by atoms with Gasteiger partial charge in [0.1, 0.15) is 0 Å². The Morgan fingerprint density at radius 1 is 1.14 bits per heavy atom. The maximum atomic E-state index is 3.79. The minimum Gasteiger partial charge on any atom is -0.314 e. The molecule has 2 fully saturated rings. The normalized spacial score (nSPS) is 30.6. The molecule has 2 heteroatoms. The zero-order valence-corrected chi connectivity index (χ0v) is 14.9. The average molecular weight is 306 g/mol. The monoisotopic (exact) mass is 305 g/mol. The van der Waals surface area contributed by atoms with Crippen LogP contribution >= 0.6 is 11.3 Å². The summed E-state index contributed by atoms with van der Waals surface area (Å²) in [6, 6.07) is 5.56. The first-order valence-corrected chi connectivity index (χ1v) is 9.55. The van der Waals surface area contributed by atoms with Crippen LogP contribution in [0.1, 0.15) is 68.5 Å². The van der Waals surface area contributed by atoms with Crippen molar-refractivity contribution >= 4 is 11.3 Å². The van der Waals surface area contributed by atoms with E-state index in [0.29, 0.717) is 5.41 Å². The molecule has 1 aromatic heterocycles. The number of aryl methyl sites for hydroxylation is 1. The third-order valence-electron chi connectivity index (χ3n) is 5.59. The minimum atomic E-state index is 0.458. The molecule has 0 aliphatic heterocycles. The van der Waals surface area contributed by atoms with E-state index in [0.717, 1.165) is 23.8 Å². The summed E-state index contributed by atoms with van der Waals surface area (Å²) < 4.78 is 0. The summed E-state index contributed by atoms with van der Waals surface area (Å²) in [6.07, 6.45) is 7.02. The molecule has 21 heavy (non-hydrogen) atoms. The van der Waals surface area contributed by atoms with Gasteiger partial charge in [-0.15, -0.1) is 11.3 Å². The average Bonchev–Trinajstić information content (AvgIpc) is 3.16. The zero-order valence-electron chi connectivity index (χ0n) is 14.1. The van der Waals surface area contributed by atoms with Gasteiger partial charge < -0.3 is 5.32 Å². The molecule has 118 valence electrons. The fraction of sp³-hybridized carbons (Fsp3) is 0.789. The second kappa shape index (κ2) is 6.04. The second-order valence-corrected chi connectivity index (χ2v) is 9.69. The molecule has 3 atom stereocenters. The van der Waals surface area contributed by atoms with Crippen LogP contribution in [0.5, 0.6) is 0 Å². The second-order valence-electron chi connectivity index (χ2n) is 8.37. The minimum absolute atomic E-state index is 0.458. The van der Waals surface area contributed by atoms with Crippen molar-refractivity contribution in [2.45, 2.75) is 71.8 Å². The number of thiophene rings is 1. The summed E-state index contributed by atoms with van der Waals surface area (Å²) in [5, 5.41) is 3.79. The van der Waals surface area contributed by atoms with Gasteiger partial charge in [-0.05, 0) is 80.9 Å². The molecular formula is C19H31NS. The smallest absolute Gasteiger partial charge is 0.00823 e. The van der Waals surface area contributed by atoms with Crippen LogP contribution in [0.2, 0.25) is 0 Å². The molecule has 0 amide bonds. The third kappa shape index (κ3) is 3.90. The standard InChI is InChI=1S/C19H31NS/c1-13-5-10-18(21-13)17-11-15(19(2,3)4)7-6-14(17)12-20-16-8-9-16/h5,10,14-17,20H,6-9,11-12H2,1-4H3. The molecule has 3 unspecified atom stereocenters. The van der Waals surface area contributed by atoms with Crippen molar-refractivity contribution in [3.8, 4) is 0 Å². The van der Waals surface area contributed by atoms with Gasteiger partial charge in [-0.1, -0.05) is 20.8 Å². The number of hydrogen-bond acceptors (Lipinski definition) is 2. The fourth-order valence-electron chi connectivity index (χ4n) is 3.87. The number of rotatable bonds is 4. The van der Waals surface area contributed by atoms with Crippen molar-refractivity contribution in [2.24, 2.45) is 17.3 Å². The molecule has 2 aliphatic carbocycles. The van der Waals surface area contributed by atoms with Crippen LogP contribution in [0.15, 0.2) is 12.1 Å². The van der Waals surface area contributed by atoms with E-state index in [1.807, 2.05) is 11.3 Å². The van der Waals surface area contributed by atoms with E-state index in [9.17, 15) is 0 Å². The van der Waals surface area contributed by atoms with E-state index >= 15 is 0 Å². The summed E-state index contributed by atoms with van der Waals surface area (Å²) >= 11 is 2.03. The van der Waals surface area contributed by atoms with Gasteiger partial charge in [0.2, 0.25) is 0 Å². The summed E-state index contributed by atoms with van der Waals surface area (Å²) in [4.78, 5) is 3.11. The molecule has 1 nitrogen and oxygen atoms in total. The van der Waals surface area contributed by atoms with Crippen LogP contribution in [-0.4, -0.2) is 12.6 Å². The van der Waals surface area contributed by atoms with Gasteiger partial charge in [0.05, 0.1) is 0 Å². The summed E-state index contributed by atoms with van der Waals surface area (Å²) in [5.74, 6) is 2.51. The first-order valence-electron chi connectivity index (χ1n) is 8.73. The van der Waals surface area contributed by atoms with E-state index in [-0.39, 0.29) is 0 Å². The summed E-state index contributed by atoms with van der Waals surface area (Å²) in [6.45, 7) is 10.8. The van der Waals surface area contributed by atoms with E-state index in [4.69, 9.17) is 0 Å². The van der Waals surface area contributed by atoms with Crippen molar-refractivity contribution in [3.63, 3.8) is 0 Å². The third-order valence-corrected chi connectivity index (χ3v) is 6.72. The van der Waals surface area contributed by atoms with Gasteiger partial charge in [-0.25, -0.2) is 0 Å². The lowest BCUT2D eigenvalue weighted by molar-refractivity contribution is 0.130. The van der Waals surface area contributed by atoms with Crippen LogP contribution in [-0.2, 0) is 0 Å². The van der Waals surface area contributed by atoms with Gasteiger partial charge in [0.15, 0.2) is 0 Å². The molecule has 1 aromatic rings. The lowest BCUT2D eigenvalue weighted by Crippen LogP contribution is -2.36. The van der Waals surface area contributed by atoms with Crippen LogP contribution in [0.4, 0.5) is 0 Å². The van der Waals surface area contributed by atoms with Crippen molar-refractivity contribution < 1.29 is 0 Å². The zero-order chi connectivity index (χ0) is 15.0. The van der Waals surface area contributed by atoms with Crippen LogP contribution < -0.4 is 5.32 Å². The number of hydrogen-bond donors (Lipinski definition) is 1. The fourth-order valence-corrected chi connectivity index (χ4v) is 4.95. The highest BCUT2D eigenvalue weighted by Crippen LogP contribution is 2.48. The van der Waals surface area contributed by atoms with Crippen molar-refractivity contribution in [3.05, 3.63) is 21.9 Å². The Morgan fingerprint density at radius 3 is 2.48 bits per heavy atom. The Balaban J connectivity index is 1.72. The maximum Gasteiger partial charge on any atom is 0.00823 e. The van der Waals surface area contributed by atoms with Crippen molar-refractivity contribution in [1.29, 1.82) is 0 Å². The first kappa shape index (κ1) is 15.6. The van der Waals surface area contributed by atoms with Gasteiger partial charge in [0, 0.05) is 15.8 Å². The molecule has 0 radical (unpaired) electrons. The molecule has 2 saturated carbocycles. The molecule has 0 spiro atoms. The molecule has 2 aliphatic rings. The van der Waals surface area contributed by atoms with Gasteiger partial charge in [-0.2, -0.15) is 0 Å². The molecule has 0 aromatic carbocycles. The van der Waals surface area contributed by atoms with Crippen LogP contribution in [0, 0.1) is 24.2 Å². The first-order chi connectivity index (χ1) is 9.93. The molecular weight excluding hydrogens is 274 g/mol.